The molecule has 20 heavy (non-hydrogen) atoms. The van der Waals surface area contributed by atoms with Gasteiger partial charge in [0.15, 0.2) is 0 Å². The van der Waals surface area contributed by atoms with Gasteiger partial charge < -0.3 is 10.6 Å². The summed E-state index contributed by atoms with van der Waals surface area (Å²) in [7, 11) is 2.03. The molecule has 2 N–H and O–H groups in total. The summed E-state index contributed by atoms with van der Waals surface area (Å²) in [6.07, 6.45) is 0. The van der Waals surface area contributed by atoms with Crippen molar-refractivity contribution in [3.63, 3.8) is 0 Å². The van der Waals surface area contributed by atoms with Crippen LogP contribution in [0, 0.1) is 6.92 Å². The quantitative estimate of drug-likeness (QED) is 0.927. The van der Waals surface area contributed by atoms with Crippen molar-refractivity contribution in [2.24, 2.45) is 0 Å². The monoisotopic (exact) mass is 270 g/mol. The number of aromatic nitrogens is 2. The molecule has 0 aliphatic carbocycles. The average Bonchev–Trinajstić information content (AvgIpc) is 2.40. The number of nitrogens with two attached hydrogens (primary N) is 1. The van der Waals surface area contributed by atoms with E-state index < -0.39 is 0 Å². The normalized spacial score (nSPS) is 10.8. The van der Waals surface area contributed by atoms with Crippen LogP contribution in [-0.2, 0) is 6.54 Å². The predicted molar refractivity (Wildman–Crippen MR) is 83.8 cm³/mol. The zero-order valence-electron chi connectivity index (χ0n) is 12.6. The molecule has 1 heterocycles. The van der Waals surface area contributed by atoms with Gasteiger partial charge in [0, 0.05) is 25.6 Å². The van der Waals surface area contributed by atoms with Crippen LogP contribution in [0.25, 0.3) is 0 Å². The predicted octanol–water partition coefficient (Wildman–Crippen LogP) is 3.13. The summed E-state index contributed by atoms with van der Waals surface area (Å²) in [6, 6.07) is 10.2. The van der Waals surface area contributed by atoms with Crippen molar-refractivity contribution in [2.75, 3.05) is 17.7 Å². The number of nitrogens with zero attached hydrogens (tertiary/aromatic N) is 3. The summed E-state index contributed by atoms with van der Waals surface area (Å²) in [4.78, 5) is 11.0. The lowest BCUT2D eigenvalue weighted by Crippen LogP contribution is -2.20. The van der Waals surface area contributed by atoms with Gasteiger partial charge in [0.25, 0.3) is 0 Å². The number of rotatable bonds is 4. The van der Waals surface area contributed by atoms with Crippen LogP contribution in [0.5, 0.6) is 0 Å². The molecule has 106 valence electrons. The van der Waals surface area contributed by atoms with Crippen LogP contribution in [0.15, 0.2) is 30.3 Å². The van der Waals surface area contributed by atoms with E-state index in [4.69, 9.17) is 5.73 Å². The first kappa shape index (κ1) is 14.3. The third-order valence-electron chi connectivity index (χ3n) is 3.33. The second-order valence-corrected chi connectivity index (χ2v) is 5.45. The molecule has 1 aromatic carbocycles. The Morgan fingerprint density at radius 1 is 1.20 bits per heavy atom. The van der Waals surface area contributed by atoms with Crippen LogP contribution >= 0.6 is 0 Å². The van der Waals surface area contributed by atoms with E-state index in [1.165, 1.54) is 11.1 Å². The van der Waals surface area contributed by atoms with E-state index in [1.54, 1.807) is 0 Å². The molecule has 0 bridgehead atoms. The number of hydrogen-bond acceptors (Lipinski definition) is 4. The van der Waals surface area contributed by atoms with Crippen molar-refractivity contribution in [1.29, 1.82) is 0 Å². The Balaban J connectivity index is 2.25. The van der Waals surface area contributed by atoms with Crippen LogP contribution in [0.4, 0.5) is 11.6 Å². The fourth-order valence-electron chi connectivity index (χ4n) is 2.05. The molecule has 0 radical (unpaired) electrons. The molecule has 4 heteroatoms. The van der Waals surface area contributed by atoms with Gasteiger partial charge in [-0.2, -0.15) is 0 Å². The van der Waals surface area contributed by atoms with Gasteiger partial charge in [-0.1, -0.05) is 38.1 Å². The van der Waals surface area contributed by atoms with E-state index in [2.05, 4.69) is 59.9 Å². The summed E-state index contributed by atoms with van der Waals surface area (Å²) >= 11 is 0. The van der Waals surface area contributed by atoms with Crippen molar-refractivity contribution >= 4 is 11.6 Å². The van der Waals surface area contributed by atoms with E-state index in [0.717, 1.165) is 18.2 Å². The van der Waals surface area contributed by atoms with E-state index >= 15 is 0 Å². The zero-order chi connectivity index (χ0) is 14.7. The molecule has 0 aliphatic heterocycles. The van der Waals surface area contributed by atoms with Crippen molar-refractivity contribution in [1.82, 2.24) is 9.97 Å². The van der Waals surface area contributed by atoms with Crippen LogP contribution in [-0.4, -0.2) is 17.0 Å². The van der Waals surface area contributed by atoms with Crippen molar-refractivity contribution < 1.29 is 0 Å². The van der Waals surface area contributed by atoms with Crippen LogP contribution in [0.2, 0.25) is 0 Å². The van der Waals surface area contributed by atoms with Gasteiger partial charge in [-0.25, -0.2) is 9.97 Å². The molecule has 0 saturated heterocycles. The molecule has 0 unspecified atom stereocenters. The Morgan fingerprint density at radius 3 is 2.55 bits per heavy atom. The number of nitrogen functional groups attached to an aromatic ring is 1. The SMILES string of the molecule is Cc1ccccc1CN(C)c1cc(N)nc(C(C)C)n1. The molecule has 2 rings (SSSR count). The summed E-state index contributed by atoms with van der Waals surface area (Å²) in [5.41, 5.74) is 8.45. The fourth-order valence-corrected chi connectivity index (χ4v) is 2.05. The number of hydrogen-bond donors (Lipinski definition) is 1. The maximum Gasteiger partial charge on any atom is 0.135 e. The van der Waals surface area contributed by atoms with Crippen molar-refractivity contribution in [3.8, 4) is 0 Å². The molecule has 0 atom stereocenters. The van der Waals surface area contributed by atoms with Crippen LogP contribution < -0.4 is 10.6 Å². The van der Waals surface area contributed by atoms with Gasteiger partial charge in [0.1, 0.15) is 17.5 Å². The lowest BCUT2D eigenvalue weighted by atomic mass is 10.1. The van der Waals surface area contributed by atoms with Crippen LogP contribution in [0.3, 0.4) is 0 Å². The Bertz CT molecular complexity index is 593. The third kappa shape index (κ3) is 3.26. The highest BCUT2D eigenvalue weighted by Gasteiger charge is 2.10. The number of benzene rings is 1. The number of aryl methyl sites for hydroxylation is 1. The summed E-state index contributed by atoms with van der Waals surface area (Å²) in [6.45, 7) is 7.07. The summed E-state index contributed by atoms with van der Waals surface area (Å²) in [5, 5.41) is 0. The van der Waals surface area contributed by atoms with Gasteiger partial charge in [0.05, 0.1) is 0 Å². The first-order valence-corrected chi connectivity index (χ1v) is 6.87. The second-order valence-electron chi connectivity index (χ2n) is 5.45. The molecule has 0 aliphatic rings. The first-order chi connectivity index (χ1) is 9.47. The van der Waals surface area contributed by atoms with Gasteiger partial charge in [0.2, 0.25) is 0 Å². The van der Waals surface area contributed by atoms with Gasteiger partial charge in [-0.05, 0) is 18.1 Å². The molecule has 0 amide bonds. The van der Waals surface area contributed by atoms with Crippen molar-refractivity contribution in [2.45, 2.75) is 33.2 Å². The maximum atomic E-state index is 5.88. The minimum absolute atomic E-state index is 0.268. The number of anilines is 2. The Morgan fingerprint density at radius 2 is 1.90 bits per heavy atom. The highest BCUT2D eigenvalue weighted by Crippen LogP contribution is 2.20. The molecule has 4 nitrogen and oxygen atoms in total. The standard InChI is InChI=1S/C16H22N4/c1-11(2)16-18-14(17)9-15(19-16)20(4)10-13-8-6-5-7-12(13)3/h5-9,11H,10H2,1-4H3,(H2,17,18,19). The maximum absolute atomic E-state index is 5.88. The second kappa shape index (κ2) is 5.90. The third-order valence-corrected chi connectivity index (χ3v) is 3.33. The van der Waals surface area contributed by atoms with E-state index in [1.807, 2.05) is 13.1 Å². The highest BCUT2D eigenvalue weighted by atomic mass is 15.2. The van der Waals surface area contributed by atoms with Gasteiger partial charge in [-0.15, -0.1) is 0 Å². The van der Waals surface area contributed by atoms with Crippen molar-refractivity contribution in [3.05, 3.63) is 47.3 Å². The van der Waals surface area contributed by atoms with E-state index in [0.29, 0.717) is 5.82 Å². The molecule has 0 spiro atoms. The Labute approximate surface area is 120 Å². The Kier molecular flexibility index (Phi) is 4.23. The topological polar surface area (TPSA) is 55.0 Å². The lowest BCUT2D eigenvalue weighted by molar-refractivity contribution is 0.764. The zero-order valence-corrected chi connectivity index (χ0v) is 12.6. The molecule has 0 saturated carbocycles. The smallest absolute Gasteiger partial charge is 0.135 e. The summed E-state index contributed by atoms with van der Waals surface area (Å²) in [5.74, 6) is 2.44. The first-order valence-electron chi connectivity index (χ1n) is 6.87. The van der Waals surface area contributed by atoms with E-state index in [9.17, 15) is 0 Å². The molecular formula is C16H22N4. The largest absolute Gasteiger partial charge is 0.384 e. The van der Waals surface area contributed by atoms with Crippen LogP contribution in [0.1, 0.15) is 36.7 Å². The Hall–Kier alpha value is -2.10. The minimum atomic E-state index is 0.268. The molecule has 1 aromatic heterocycles. The molecular weight excluding hydrogens is 248 g/mol. The molecule has 2 aromatic rings. The summed E-state index contributed by atoms with van der Waals surface area (Å²) < 4.78 is 0. The van der Waals surface area contributed by atoms with E-state index in [-0.39, 0.29) is 5.92 Å². The minimum Gasteiger partial charge on any atom is -0.384 e. The molecule has 0 fully saturated rings. The highest BCUT2D eigenvalue weighted by molar-refractivity contribution is 5.47. The lowest BCUT2D eigenvalue weighted by Gasteiger charge is -2.20. The van der Waals surface area contributed by atoms with Gasteiger partial charge in [-0.3, -0.25) is 0 Å². The van der Waals surface area contributed by atoms with Gasteiger partial charge >= 0.3 is 0 Å². The fraction of sp³-hybridized carbons (Fsp3) is 0.375. The average molecular weight is 270 g/mol.